The lowest BCUT2D eigenvalue weighted by Gasteiger charge is -2.52. The van der Waals surface area contributed by atoms with Crippen molar-refractivity contribution in [1.82, 2.24) is 0 Å². The highest BCUT2D eigenvalue weighted by Crippen LogP contribution is 2.55. The van der Waals surface area contributed by atoms with E-state index < -0.39 is 15.1 Å². The number of aliphatic hydroxyl groups is 1. The molecule has 0 aromatic heterocycles. The third kappa shape index (κ3) is 3.64. The Hall–Kier alpha value is -0.643. The number of aliphatic hydroxyl groups excluding tert-OH is 1. The molecule has 2 rings (SSSR count). The predicted molar refractivity (Wildman–Crippen MR) is 95.5 cm³/mol. The highest BCUT2D eigenvalue weighted by Gasteiger charge is 2.49. The molecule has 1 fully saturated rings. The molecule has 1 N–H and O–H groups in total. The molecule has 0 bridgehead atoms. The van der Waals surface area contributed by atoms with Gasteiger partial charge < -0.3 is 9.53 Å². The number of benzene rings is 1. The molecule has 3 heteroatoms. The van der Waals surface area contributed by atoms with Crippen molar-refractivity contribution < 1.29 is 9.53 Å². The van der Waals surface area contributed by atoms with E-state index in [0.717, 1.165) is 12.2 Å². The van der Waals surface area contributed by atoms with E-state index in [4.69, 9.17) is 4.43 Å². The molecule has 1 saturated carbocycles. The minimum atomic E-state index is -1.04. The first-order chi connectivity index (χ1) is 10.4. The molecule has 1 unspecified atom stereocenters. The average Bonchev–Trinajstić information content (AvgIpc) is 2.53. The van der Waals surface area contributed by atoms with Gasteiger partial charge in [-0.2, -0.15) is 0 Å². The van der Waals surface area contributed by atoms with E-state index in [9.17, 15) is 5.11 Å². The molecule has 0 saturated heterocycles. The van der Waals surface area contributed by atoms with E-state index in [-0.39, 0.29) is 10.8 Å². The fourth-order valence-corrected chi connectivity index (χ4v) is 4.52. The first kappa shape index (κ1) is 17.7. The van der Waals surface area contributed by atoms with Crippen LogP contribution in [0.5, 0.6) is 0 Å². The first-order valence-corrected chi connectivity index (χ1v) is 11.5. The average molecular weight is 321 g/mol. The van der Waals surface area contributed by atoms with Gasteiger partial charge in [-0.05, 0) is 31.5 Å². The highest BCUT2D eigenvalue weighted by atomic mass is 28.3. The van der Waals surface area contributed by atoms with E-state index in [1.807, 2.05) is 30.3 Å². The van der Waals surface area contributed by atoms with Crippen LogP contribution in [0.3, 0.4) is 0 Å². The van der Waals surface area contributed by atoms with Crippen molar-refractivity contribution in [2.45, 2.75) is 65.1 Å². The molecule has 0 heterocycles. The van der Waals surface area contributed by atoms with Gasteiger partial charge in [0.05, 0.1) is 6.10 Å². The van der Waals surface area contributed by atoms with Crippen LogP contribution in [0.1, 0.15) is 57.6 Å². The van der Waals surface area contributed by atoms with Crippen molar-refractivity contribution >= 4 is 9.04 Å². The molecule has 0 radical (unpaired) electrons. The summed E-state index contributed by atoms with van der Waals surface area (Å²) in [6.07, 6.45) is 5.74. The molecule has 22 heavy (non-hydrogen) atoms. The highest BCUT2D eigenvalue weighted by molar-refractivity contribution is 6.48. The Morgan fingerprint density at radius 2 is 1.73 bits per heavy atom. The molecular formula is C19H32O2Si. The summed E-state index contributed by atoms with van der Waals surface area (Å²) < 4.78 is 6.18. The second-order valence-corrected chi connectivity index (χ2v) is 10.2. The number of hydrogen-bond donors (Lipinski definition) is 1. The fourth-order valence-electron chi connectivity index (χ4n) is 3.87. The quantitative estimate of drug-likeness (QED) is 0.770. The fraction of sp³-hybridized carbons (Fsp3) is 0.684. The van der Waals surface area contributed by atoms with Crippen LogP contribution in [-0.2, 0) is 4.43 Å². The van der Waals surface area contributed by atoms with E-state index in [1.165, 1.54) is 32.1 Å². The number of hydrogen-bond acceptors (Lipinski definition) is 2. The SMILES string of the molecule is C[SiH](C)OCC1(C(C)(C)C(O)c2ccccc2)CCCCC1. The maximum absolute atomic E-state index is 11.1. The van der Waals surface area contributed by atoms with Gasteiger partial charge in [-0.1, -0.05) is 63.4 Å². The van der Waals surface area contributed by atoms with Gasteiger partial charge in [-0.25, -0.2) is 0 Å². The van der Waals surface area contributed by atoms with Crippen LogP contribution in [0.25, 0.3) is 0 Å². The third-order valence-electron chi connectivity index (χ3n) is 5.67. The standard InChI is InChI=1S/C19H32O2Si/c1-18(2,17(20)16-11-7-5-8-12-16)19(15-21-22(3)4)13-9-6-10-14-19/h5,7-8,11-12,17,20,22H,6,9-10,13-15H2,1-4H3. The van der Waals surface area contributed by atoms with Crippen LogP contribution < -0.4 is 0 Å². The molecule has 2 nitrogen and oxygen atoms in total. The molecule has 1 aliphatic rings. The lowest BCUT2D eigenvalue weighted by atomic mass is 9.56. The molecule has 124 valence electrons. The van der Waals surface area contributed by atoms with Gasteiger partial charge in [0, 0.05) is 17.4 Å². The summed E-state index contributed by atoms with van der Waals surface area (Å²) in [5.74, 6) is 0. The van der Waals surface area contributed by atoms with Crippen molar-refractivity contribution in [3.05, 3.63) is 35.9 Å². The first-order valence-electron chi connectivity index (χ1n) is 8.74. The Kier molecular flexibility index (Phi) is 5.86. The van der Waals surface area contributed by atoms with Crippen molar-refractivity contribution in [2.24, 2.45) is 10.8 Å². The summed E-state index contributed by atoms with van der Waals surface area (Å²) >= 11 is 0. The van der Waals surface area contributed by atoms with Gasteiger partial charge in [0.2, 0.25) is 0 Å². The minimum absolute atomic E-state index is 0.0950. The van der Waals surface area contributed by atoms with E-state index in [0.29, 0.717) is 0 Å². The second-order valence-electron chi connectivity index (χ2n) is 7.74. The lowest BCUT2D eigenvalue weighted by molar-refractivity contribution is -0.0975. The summed E-state index contributed by atoms with van der Waals surface area (Å²) in [5.41, 5.74) is 0.940. The maximum atomic E-state index is 11.1. The lowest BCUT2D eigenvalue weighted by Crippen LogP contribution is -2.47. The Labute approximate surface area is 137 Å². The Morgan fingerprint density at radius 1 is 1.14 bits per heavy atom. The molecule has 0 aliphatic heterocycles. The molecule has 1 aromatic carbocycles. The van der Waals surface area contributed by atoms with Crippen LogP contribution in [0.15, 0.2) is 30.3 Å². The normalized spacial score (nSPS) is 20.1. The van der Waals surface area contributed by atoms with Gasteiger partial charge in [0.15, 0.2) is 9.04 Å². The zero-order valence-corrected chi connectivity index (χ0v) is 15.8. The zero-order valence-electron chi connectivity index (χ0n) is 14.6. The van der Waals surface area contributed by atoms with E-state index in [1.54, 1.807) is 0 Å². The topological polar surface area (TPSA) is 29.5 Å². The van der Waals surface area contributed by atoms with Gasteiger partial charge >= 0.3 is 0 Å². The van der Waals surface area contributed by atoms with E-state index >= 15 is 0 Å². The van der Waals surface area contributed by atoms with Crippen molar-refractivity contribution in [3.8, 4) is 0 Å². The van der Waals surface area contributed by atoms with Crippen LogP contribution in [0.2, 0.25) is 13.1 Å². The van der Waals surface area contributed by atoms with Crippen molar-refractivity contribution in [2.75, 3.05) is 6.61 Å². The molecule has 0 spiro atoms. The number of rotatable bonds is 6. The molecule has 1 aromatic rings. The third-order valence-corrected chi connectivity index (χ3v) is 6.50. The minimum Gasteiger partial charge on any atom is -0.420 e. The van der Waals surface area contributed by atoms with Crippen molar-refractivity contribution in [1.29, 1.82) is 0 Å². The molecule has 1 atom stereocenters. The van der Waals surface area contributed by atoms with Gasteiger partial charge in [0.25, 0.3) is 0 Å². The Morgan fingerprint density at radius 3 is 2.27 bits per heavy atom. The summed E-state index contributed by atoms with van der Waals surface area (Å²) in [5, 5.41) is 11.1. The Bertz CT molecular complexity index is 450. The molecular weight excluding hydrogens is 288 g/mol. The van der Waals surface area contributed by atoms with Gasteiger partial charge in [0.1, 0.15) is 0 Å². The monoisotopic (exact) mass is 320 g/mol. The van der Waals surface area contributed by atoms with Crippen LogP contribution in [0.4, 0.5) is 0 Å². The second kappa shape index (κ2) is 7.29. The summed E-state index contributed by atoms with van der Waals surface area (Å²) in [6, 6.07) is 10.1. The van der Waals surface area contributed by atoms with E-state index in [2.05, 4.69) is 26.9 Å². The maximum Gasteiger partial charge on any atom is 0.170 e. The van der Waals surface area contributed by atoms with Crippen molar-refractivity contribution in [3.63, 3.8) is 0 Å². The van der Waals surface area contributed by atoms with Gasteiger partial charge in [-0.15, -0.1) is 0 Å². The zero-order chi connectivity index (χ0) is 16.2. The Balaban J connectivity index is 2.27. The van der Waals surface area contributed by atoms with Crippen LogP contribution in [-0.4, -0.2) is 20.8 Å². The van der Waals surface area contributed by atoms with Crippen LogP contribution >= 0.6 is 0 Å². The summed E-state index contributed by atoms with van der Waals surface area (Å²) in [7, 11) is -1.04. The molecule has 0 amide bonds. The predicted octanol–water partition coefficient (Wildman–Crippen LogP) is 4.70. The summed E-state index contributed by atoms with van der Waals surface area (Å²) in [4.78, 5) is 0. The smallest absolute Gasteiger partial charge is 0.170 e. The summed E-state index contributed by atoms with van der Waals surface area (Å²) in [6.45, 7) is 9.75. The van der Waals surface area contributed by atoms with Crippen LogP contribution in [0, 0.1) is 10.8 Å². The van der Waals surface area contributed by atoms with Gasteiger partial charge in [-0.3, -0.25) is 0 Å². The molecule has 1 aliphatic carbocycles. The largest absolute Gasteiger partial charge is 0.420 e.